The molecule has 104 valence electrons. The number of nitrogens with zero attached hydrogens (tertiary/aromatic N) is 1. The quantitative estimate of drug-likeness (QED) is 0.900. The maximum atomic E-state index is 11.8. The Morgan fingerprint density at radius 3 is 2.80 bits per heavy atom. The molecule has 2 aromatic rings. The molecular formula is C15H17N3OS. The van der Waals surface area contributed by atoms with Crippen molar-refractivity contribution in [1.82, 2.24) is 10.3 Å². The molecule has 0 saturated heterocycles. The van der Waals surface area contributed by atoms with Gasteiger partial charge in [-0.05, 0) is 25.7 Å². The molecule has 1 aliphatic carbocycles. The predicted molar refractivity (Wildman–Crippen MR) is 81.9 cm³/mol. The first kappa shape index (κ1) is 13.1. The molecule has 20 heavy (non-hydrogen) atoms. The number of amides is 2. The Kier molecular flexibility index (Phi) is 3.69. The fourth-order valence-electron chi connectivity index (χ4n) is 2.12. The first-order valence-corrected chi connectivity index (χ1v) is 7.69. The van der Waals surface area contributed by atoms with Gasteiger partial charge >= 0.3 is 6.03 Å². The third kappa shape index (κ3) is 3.17. The average molecular weight is 287 g/mol. The summed E-state index contributed by atoms with van der Waals surface area (Å²) in [5.74, 6) is 1.26. The van der Waals surface area contributed by atoms with Gasteiger partial charge in [0.1, 0.15) is 10.8 Å². The Morgan fingerprint density at radius 2 is 2.10 bits per heavy atom. The van der Waals surface area contributed by atoms with E-state index in [1.165, 1.54) is 24.2 Å². The summed E-state index contributed by atoms with van der Waals surface area (Å²) >= 11 is 1.53. The van der Waals surface area contributed by atoms with Gasteiger partial charge in [0, 0.05) is 17.0 Å². The number of benzene rings is 1. The van der Waals surface area contributed by atoms with Gasteiger partial charge in [-0.1, -0.05) is 30.3 Å². The zero-order chi connectivity index (χ0) is 13.9. The third-order valence-corrected chi connectivity index (χ3v) is 4.35. The fraction of sp³-hybridized carbons (Fsp3) is 0.333. The zero-order valence-electron chi connectivity index (χ0n) is 11.3. The van der Waals surface area contributed by atoms with Crippen molar-refractivity contribution in [2.75, 3.05) is 5.32 Å². The van der Waals surface area contributed by atoms with Gasteiger partial charge in [-0.2, -0.15) is 0 Å². The second-order valence-corrected chi connectivity index (χ2v) is 5.99. The average Bonchev–Trinajstić information content (AvgIpc) is 3.21. The van der Waals surface area contributed by atoms with Crippen molar-refractivity contribution in [2.24, 2.45) is 5.92 Å². The minimum atomic E-state index is -0.172. The lowest BCUT2D eigenvalue weighted by molar-refractivity contribution is 0.248. The second kappa shape index (κ2) is 5.63. The third-order valence-electron chi connectivity index (χ3n) is 3.45. The van der Waals surface area contributed by atoms with E-state index in [1.807, 2.05) is 42.6 Å². The predicted octanol–water partition coefficient (Wildman–Crippen LogP) is 3.73. The van der Waals surface area contributed by atoms with Crippen LogP contribution in [0, 0.1) is 5.92 Å². The van der Waals surface area contributed by atoms with Crippen LogP contribution in [0.5, 0.6) is 0 Å². The van der Waals surface area contributed by atoms with Gasteiger partial charge in [0.2, 0.25) is 0 Å². The van der Waals surface area contributed by atoms with Crippen molar-refractivity contribution in [3.63, 3.8) is 0 Å². The second-order valence-electron chi connectivity index (χ2n) is 5.13. The van der Waals surface area contributed by atoms with Crippen LogP contribution >= 0.6 is 11.3 Å². The summed E-state index contributed by atoms with van der Waals surface area (Å²) in [6.45, 7) is 2.05. The molecule has 3 rings (SSSR count). The van der Waals surface area contributed by atoms with E-state index in [9.17, 15) is 4.79 Å². The number of thiazole rings is 1. The summed E-state index contributed by atoms with van der Waals surface area (Å²) in [6, 6.07) is 10.0. The summed E-state index contributed by atoms with van der Waals surface area (Å²) in [4.78, 5) is 16.3. The van der Waals surface area contributed by atoms with Crippen LogP contribution in [0.15, 0.2) is 35.7 Å². The van der Waals surface area contributed by atoms with E-state index in [4.69, 9.17) is 0 Å². The number of urea groups is 1. The Balaban J connectivity index is 1.61. The Bertz CT molecular complexity index is 592. The van der Waals surface area contributed by atoms with Gasteiger partial charge in [0.15, 0.2) is 0 Å². The van der Waals surface area contributed by atoms with Crippen molar-refractivity contribution in [3.05, 3.63) is 35.7 Å². The molecular weight excluding hydrogens is 270 g/mol. The maximum Gasteiger partial charge on any atom is 0.320 e. The number of hydrogen-bond acceptors (Lipinski definition) is 3. The number of aromatic nitrogens is 1. The van der Waals surface area contributed by atoms with Crippen molar-refractivity contribution < 1.29 is 4.79 Å². The summed E-state index contributed by atoms with van der Waals surface area (Å²) in [5, 5.41) is 8.53. The number of hydrogen-bond donors (Lipinski definition) is 2. The van der Waals surface area contributed by atoms with E-state index < -0.39 is 0 Å². The van der Waals surface area contributed by atoms with Crippen LogP contribution in [0.3, 0.4) is 0 Å². The highest BCUT2D eigenvalue weighted by molar-refractivity contribution is 7.13. The topological polar surface area (TPSA) is 54.0 Å². The molecule has 1 aromatic heterocycles. The van der Waals surface area contributed by atoms with Crippen LogP contribution in [0.2, 0.25) is 0 Å². The number of nitrogens with one attached hydrogen (secondary N) is 2. The standard InChI is InChI=1S/C15H17N3OS/c1-10(11-7-8-11)16-15(19)18-13-9-20-14(17-13)12-5-3-2-4-6-12/h2-6,9-11H,7-8H2,1H3,(H2,16,18,19)/t10-/m0/s1. The van der Waals surface area contributed by atoms with E-state index in [0.717, 1.165) is 10.6 Å². The van der Waals surface area contributed by atoms with Gasteiger partial charge in [-0.15, -0.1) is 11.3 Å². The SMILES string of the molecule is C[C@H](NC(=O)Nc1csc(-c2ccccc2)n1)C1CC1. The first-order chi connectivity index (χ1) is 9.72. The van der Waals surface area contributed by atoms with E-state index in [1.54, 1.807) is 0 Å². The van der Waals surface area contributed by atoms with E-state index in [2.05, 4.69) is 15.6 Å². The van der Waals surface area contributed by atoms with Crippen molar-refractivity contribution >= 4 is 23.2 Å². The molecule has 4 nitrogen and oxygen atoms in total. The van der Waals surface area contributed by atoms with E-state index in [-0.39, 0.29) is 12.1 Å². The van der Waals surface area contributed by atoms with Crippen molar-refractivity contribution in [1.29, 1.82) is 0 Å². The molecule has 0 bridgehead atoms. The largest absolute Gasteiger partial charge is 0.335 e. The highest BCUT2D eigenvalue weighted by Gasteiger charge is 2.28. The van der Waals surface area contributed by atoms with Gasteiger partial charge in [0.05, 0.1) is 0 Å². The number of rotatable bonds is 4. The lowest BCUT2D eigenvalue weighted by Crippen LogP contribution is -2.37. The van der Waals surface area contributed by atoms with Gasteiger partial charge < -0.3 is 5.32 Å². The summed E-state index contributed by atoms with van der Waals surface area (Å²) < 4.78 is 0. The number of carbonyl (C=O) groups is 1. The van der Waals surface area contributed by atoms with Gasteiger partial charge in [-0.25, -0.2) is 9.78 Å². The lowest BCUT2D eigenvalue weighted by Gasteiger charge is -2.12. The summed E-state index contributed by atoms with van der Waals surface area (Å²) in [6.07, 6.45) is 2.44. The molecule has 1 aliphatic rings. The molecule has 1 atom stereocenters. The fourth-order valence-corrected chi connectivity index (χ4v) is 2.88. The molecule has 0 spiro atoms. The van der Waals surface area contributed by atoms with E-state index >= 15 is 0 Å². The molecule has 5 heteroatoms. The molecule has 0 unspecified atom stereocenters. The highest BCUT2D eigenvalue weighted by Crippen LogP contribution is 2.32. The lowest BCUT2D eigenvalue weighted by atomic mass is 10.2. The minimum Gasteiger partial charge on any atom is -0.335 e. The van der Waals surface area contributed by atoms with Gasteiger partial charge in [-0.3, -0.25) is 5.32 Å². The Morgan fingerprint density at radius 1 is 1.35 bits per heavy atom. The Hall–Kier alpha value is -1.88. The molecule has 2 N–H and O–H groups in total. The van der Waals surface area contributed by atoms with Crippen LogP contribution in [0.1, 0.15) is 19.8 Å². The minimum absolute atomic E-state index is 0.172. The monoisotopic (exact) mass is 287 g/mol. The Labute approximate surface area is 122 Å². The molecule has 0 radical (unpaired) electrons. The van der Waals surface area contributed by atoms with Crippen LogP contribution in [-0.2, 0) is 0 Å². The molecule has 1 heterocycles. The molecule has 1 saturated carbocycles. The normalized spacial score (nSPS) is 15.7. The molecule has 2 amide bonds. The van der Waals surface area contributed by atoms with Crippen LogP contribution in [0.4, 0.5) is 10.6 Å². The molecule has 0 aliphatic heterocycles. The zero-order valence-corrected chi connectivity index (χ0v) is 12.1. The molecule has 1 aromatic carbocycles. The summed E-state index contributed by atoms with van der Waals surface area (Å²) in [5.41, 5.74) is 1.07. The van der Waals surface area contributed by atoms with Gasteiger partial charge in [0.25, 0.3) is 0 Å². The molecule has 1 fully saturated rings. The van der Waals surface area contributed by atoms with Crippen LogP contribution in [-0.4, -0.2) is 17.1 Å². The number of carbonyl (C=O) groups excluding carboxylic acids is 1. The van der Waals surface area contributed by atoms with Crippen LogP contribution < -0.4 is 10.6 Å². The van der Waals surface area contributed by atoms with Crippen molar-refractivity contribution in [3.8, 4) is 10.6 Å². The van der Waals surface area contributed by atoms with E-state index in [0.29, 0.717) is 11.7 Å². The first-order valence-electron chi connectivity index (χ1n) is 6.81. The summed E-state index contributed by atoms with van der Waals surface area (Å²) in [7, 11) is 0. The van der Waals surface area contributed by atoms with Crippen LogP contribution in [0.25, 0.3) is 10.6 Å². The smallest absolute Gasteiger partial charge is 0.320 e. The van der Waals surface area contributed by atoms with Crippen molar-refractivity contribution in [2.45, 2.75) is 25.8 Å². The maximum absolute atomic E-state index is 11.8. The number of anilines is 1. The highest BCUT2D eigenvalue weighted by atomic mass is 32.1.